The zero-order chi connectivity index (χ0) is 16.8. The molecule has 0 aliphatic heterocycles. The Hall–Kier alpha value is -2.76. The zero-order valence-electron chi connectivity index (χ0n) is 13.2. The van der Waals surface area contributed by atoms with Crippen molar-refractivity contribution >= 4 is 11.0 Å². The quantitative estimate of drug-likeness (QED) is 0.714. The normalized spacial score (nSPS) is 14.8. The van der Waals surface area contributed by atoms with Crippen LogP contribution in [0.5, 0.6) is 17.2 Å². The fourth-order valence-electron chi connectivity index (χ4n) is 3.18. The summed E-state index contributed by atoms with van der Waals surface area (Å²) in [4.78, 5) is 4.57. The lowest BCUT2D eigenvalue weighted by molar-refractivity contribution is 0.321. The van der Waals surface area contributed by atoms with Crippen LogP contribution in [0, 0.1) is 5.82 Å². The highest BCUT2D eigenvalue weighted by molar-refractivity contribution is 5.82. The first kappa shape index (κ1) is 14.8. The maximum absolute atomic E-state index is 14.6. The van der Waals surface area contributed by atoms with Crippen LogP contribution in [-0.4, -0.2) is 26.9 Å². The van der Waals surface area contributed by atoms with E-state index in [4.69, 9.17) is 4.74 Å². The number of aromatic nitrogens is 2. The molecular weight excluding hydrogens is 311 g/mol. The second kappa shape index (κ2) is 5.40. The van der Waals surface area contributed by atoms with Gasteiger partial charge in [0, 0.05) is 6.04 Å². The topological polar surface area (TPSA) is 67.5 Å². The number of benzene rings is 2. The summed E-state index contributed by atoms with van der Waals surface area (Å²) in [5.74, 6) is -1.88. The molecule has 0 atom stereocenters. The Labute approximate surface area is 137 Å². The SMILES string of the molecule is COc1cc(-c2nc3ccccc3n2C2CCC2)c(F)c(O)c1O. The van der Waals surface area contributed by atoms with Crippen LogP contribution in [-0.2, 0) is 0 Å². The fraction of sp³-hybridized carbons (Fsp3) is 0.278. The van der Waals surface area contributed by atoms with Gasteiger partial charge in [0.05, 0.1) is 23.7 Å². The molecule has 24 heavy (non-hydrogen) atoms. The largest absolute Gasteiger partial charge is 0.502 e. The van der Waals surface area contributed by atoms with Crippen LogP contribution < -0.4 is 4.74 Å². The molecule has 1 fully saturated rings. The van der Waals surface area contributed by atoms with Gasteiger partial charge in [-0.3, -0.25) is 0 Å². The van der Waals surface area contributed by atoms with E-state index in [1.165, 1.54) is 13.2 Å². The lowest BCUT2D eigenvalue weighted by Crippen LogP contribution is -2.18. The van der Waals surface area contributed by atoms with Crippen molar-refractivity contribution in [1.29, 1.82) is 0 Å². The molecule has 1 aromatic heterocycles. The molecule has 0 amide bonds. The number of aromatic hydroxyl groups is 2. The summed E-state index contributed by atoms with van der Waals surface area (Å²) >= 11 is 0. The molecule has 1 saturated carbocycles. The maximum atomic E-state index is 14.6. The number of phenols is 2. The van der Waals surface area contributed by atoms with Crippen molar-refractivity contribution in [3.8, 4) is 28.6 Å². The number of hydrogen-bond donors (Lipinski definition) is 2. The van der Waals surface area contributed by atoms with E-state index in [2.05, 4.69) is 4.98 Å². The van der Waals surface area contributed by atoms with E-state index in [0.717, 1.165) is 30.3 Å². The predicted octanol–water partition coefficient (Wildman–Crippen LogP) is 3.99. The molecule has 0 saturated heterocycles. The smallest absolute Gasteiger partial charge is 0.203 e. The second-order valence-corrected chi connectivity index (χ2v) is 6.02. The molecule has 2 aromatic carbocycles. The second-order valence-electron chi connectivity index (χ2n) is 6.02. The van der Waals surface area contributed by atoms with Gasteiger partial charge in [0.1, 0.15) is 5.82 Å². The molecule has 1 aliphatic rings. The molecule has 1 aliphatic carbocycles. The van der Waals surface area contributed by atoms with Crippen molar-refractivity contribution in [2.45, 2.75) is 25.3 Å². The number of fused-ring (bicyclic) bond motifs is 1. The van der Waals surface area contributed by atoms with E-state index >= 15 is 0 Å². The molecule has 2 N–H and O–H groups in total. The van der Waals surface area contributed by atoms with Gasteiger partial charge in [0.2, 0.25) is 5.75 Å². The molecule has 0 radical (unpaired) electrons. The molecular formula is C18H17FN2O3. The third-order valence-electron chi connectivity index (χ3n) is 4.67. The minimum Gasteiger partial charge on any atom is -0.502 e. The van der Waals surface area contributed by atoms with E-state index in [9.17, 15) is 14.6 Å². The molecule has 0 spiro atoms. The van der Waals surface area contributed by atoms with Gasteiger partial charge in [-0.1, -0.05) is 12.1 Å². The Morgan fingerprint density at radius 2 is 1.96 bits per heavy atom. The lowest BCUT2D eigenvalue weighted by atomic mass is 9.92. The molecule has 5 nitrogen and oxygen atoms in total. The first-order valence-electron chi connectivity index (χ1n) is 7.87. The first-order valence-corrected chi connectivity index (χ1v) is 7.87. The molecule has 1 heterocycles. The van der Waals surface area contributed by atoms with E-state index in [1.807, 2.05) is 28.8 Å². The third kappa shape index (κ3) is 2.02. The fourth-order valence-corrected chi connectivity index (χ4v) is 3.18. The van der Waals surface area contributed by atoms with Crippen molar-refractivity contribution in [3.63, 3.8) is 0 Å². The summed E-state index contributed by atoms with van der Waals surface area (Å²) in [6.07, 6.45) is 3.15. The minimum absolute atomic E-state index is 0.0103. The van der Waals surface area contributed by atoms with Crippen LogP contribution in [0.2, 0.25) is 0 Å². The Kier molecular flexibility index (Phi) is 3.33. The predicted molar refractivity (Wildman–Crippen MR) is 87.9 cm³/mol. The van der Waals surface area contributed by atoms with Crippen LogP contribution in [0.1, 0.15) is 25.3 Å². The van der Waals surface area contributed by atoms with Crippen molar-refractivity contribution in [2.75, 3.05) is 7.11 Å². The number of hydrogen-bond acceptors (Lipinski definition) is 4. The Bertz CT molecular complexity index is 932. The number of phenolic OH excluding ortho intramolecular Hbond substituents is 2. The number of ether oxygens (including phenoxy) is 1. The summed E-state index contributed by atoms with van der Waals surface area (Å²) in [6.45, 7) is 0. The monoisotopic (exact) mass is 328 g/mol. The van der Waals surface area contributed by atoms with E-state index < -0.39 is 17.3 Å². The standard InChI is InChI=1S/C18H17FN2O3/c1-24-14-9-11(15(19)17(23)16(14)22)18-20-12-7-2-3-8-13(12)21(18)10-5-4-6-10/h2-3,7-10,22-23H,4-6H2,1H3. The Morgan fingerprint density at radius 1 is 1.21 bits per heavy atom. The van der Waals surface area contributed by atoms with E-state index in [-0.39, 0.29) is 17.4 Å². The highest BCUT2D eigenvalue weighted by atomic mass is 19.1. The molecule has 6 heteroatoms. The van der Waals surface area contributed by atoms with Crippen molar-refractivity contribution in [3.05, 3.63) is 36.1 Å². The number of methoxy groups -OCH3 is 1. The van der Waals surface area contributed by atoms with Crippen molar-refractivity contribution in [1.82, 2.24) is 9.55 Å². The average Bonchev–Trinajstić information content (AvgIpc) is 2.91. The molecule has 0 bridgehead atoms. The van der Waals surface area contributed by atoms with Crippen molar-refractivity contribution in [2.24, 2.45) is 0 Å². The molecule has 0 unspecified atom stereocenters. The van der Waals surface area contributed by atoms with Gasteiger partial charge in [0.25, 0.3) is 0 Å². The van der Waals surface area contributed by atoms with Gasteiger partial charge in [-0.15, -0.1) is 0 Å². The van der Waals surface area contributed by atoms with Gasteiger partial charge >= 0.3 is 0 Å². The highest BCUT2D eigenvalue weighted by Gasteiger charge is 2.28. The zero-order valence-corrected chi connectivity index (χ0v) is 13.2. The van der Waals surface area contributed by atoms with Gasteiger partial charge < -0.3 is 19.5 Å². The van der Waals surface area contributed by atoms with Crippen LogP contribution in [0.25, 0.3) is 22.4 Å². The lowest BCUT2D eigenvalue weighted by Gasteiger charge is -2.29. The van der Waals surface area contributed by atoms with E-state index in [0.29, 0.717) is 5.82 Å². The van der Waals surface area contributed by atoms with Gasteiger partial charge in [0.15, 0.2) is 17.3 Å². The van der Waals surface area contributed by atoms with Crippen LogP contribution in [0.3, 0.4) is 0 Å². The number of rotatable bonds is 3. The number of nitrogens with zero attached hydrogens (tertiary/aromatic N) is 2. The van der Waals surface area contributed by atoms with Gasteiger partial charge in [-0.05, 0) is 37.5 Å². The van der Waals surface area contributed by atoms with Crippen LogP contribution >= 0.6 is 0 Å². The van der Waals surface area contributed by atoms with Crippen LogP contribution in [0.4, 0.5) is 4.39 Å². The molecule has 4 rings (SSSR count). The Morgan fingerprint density at radius 3 is 2.62 bits per heavy atom. The summed E-state index contributed by atoms with van der Waals surface area (Å²) < 4.78 is 21.7. The van der Waals surface area contributed by atoms with Gasteiger partial charge in [-0.2, -0.15) is 0 Å². The summed E-state index contributed by atoms with van der Waals surface area (Å²) in [6, 6.07) is 9.28. The average molecular weight is 328 g/mol. The van der Waals surface area contributed by atoms with Crippen LogP contribution in [0.15, 0.2) is 30.3 Å². The highest BCUT2D eigenvalue weighted by Crippen LogP contribution is 2.45. The summed E-state index contributed by atoms with van der Waals surface area (Å²) in [7, 11) is 1.35. The maximum Gasteiger partial charge on any atom is 0.203 e. The summed E-state index contributed by atoms with van der Waals surface area (Å²) in [5, 5.41) is 19.7. The first-order chi connectivity index (χ1) is 11.6. The minimum atomic E-state index is -0.899. The van der Waals surface area contributed by atoms with Gasteiger partial charge in [-0.25, -0.2) is 9.37 Å². The van der Waals surface area contributed by atoms with Crippen molar-refractivity contribution < 1.29 is 19.3 Å². The molecule has 3 aromatic rings. The number of imidazole rings is 1. The third-order valence-corrected chi connectivity index (χ3v) is 4.67. The molecule has 124 valence electrons. The Balaban J connectivity index is 2.02. The summed E-state index contributed by atoms with van der Waals surface area (Å²) in [5.41, 5.74) is 1.82. The number of para-hydroxylation sites is 2. The van der Waals surface area contributed by atoms with E-state index in [1.54, 1.807) is 0 Å². The number of halogens is 1.